The van der Waals surface area contributed by atoms with Crippen molar-refractivity contribution in [2.45, 2.75) is 12.5 Å². The molecule has 0 saturated carbocycles. The Hall–Kier alpha value is -1.37. The summed E-state index contributed by atoms with van der Waals surface area (Å²) in [5.41, 5.74) is 1.80. The molecule has 1 aromatic rings. The van der Waals surface area contributed by atoms with Gasteiger partial charge in [-0.2, -0.15) is 0 Å². The quantitative estimate of drug-likeness (QED) is 0.387. The number of amides is 1. The average Bonchev–Trinajstić information content (AvgIpc) is 2.31. The number of phenols is 1. The van der Waals surface area contributed by atoms with Crippen LogP contribution in [-0.2, 0) is 4.79 Å². The van der Waals surface area contributed by atoms with E-state index in [1.54, 1.807) is 12.1 Å². The maximum atomic E-state index is 10.7. The highest BCUT2D eigenvalue weighted by atomic mass is 79.9. The van der Waals surface area contributed by atoms with E-state index in [9.17, 15) is 15.0 Å². The summed E-state index contributed by atoms with van der Waals surface area (Å²) in [5, 5.41) is 27.6. The second kappa shape index (κ2) is 6.39. The number of aliphatic hydroxyl groups excluding tert-OH is 1. The largest absolute Gasteiger partial charge is 0.508 e. The third-order valence-corrected chi connectivity index (χ3v) is 2.58. The van der Waals surface area contributed by atoms with Crippen molar-refractivity contribution in [3.63, 3.8) is 0 Å². The van der Waals surface area contributed by atoms with Gasteiger partial charge in [-0.25, -0.2) is 5.48 Å². The van der Waals surface area contributed by atoms with E-state index in [4.69, 9.17) is 5.21 Å². The molecule has 1 atom stereocenters. The van der Waals surface area contributed by atoms with E-state index in [0.717, 1.165) is 10.5 Å². The molecule has 4 N–H and O–H groups in total. The van der Waals surface area contributed by atoms with Crippen molar-refractivity contribution in [1.82, 2.24) is 5.48 Å². The first-order valence-electron chi connectivity index (χ1n) is 4.81. The Balaban J connectivity index is 2.69. The summed E-state index contributed by atoms with van der Waals surface area (Å²) in [6, 6.07) is 4.72. The molecule has 1 aromatic carbocycles. The topological polar surface area (TPSA) is 89.8 Å². The number of carbonyl (C=O) groups is 1. The SMILES string of the molecule is O=C(/C=C/C[C@@H](O)c1cc(Br)ccc1O)NO. The monoisotopic (exact) mass is 301 g/mol. The number of aromatic hydroxyl groups is 1. The number of hydrogen-bond acceptors (Lipinski definition) is 4. The van der Waals surface area contributed by atoms with E-state index >= 15 is 0 Å². The van der Waals surface area contributed by atoms with E-state index in [-0.39, 0.29) is 12.2 Å². The lowest BCUT2D eigenvalue weighted by atomic mass is 10.1. The van der Waals surface area contributed by atoms with Crippen molar-refractivity contribution in [2.24, 2.45) is 0 Å². The summed E-state index contributed by atoms with van der Waals surface area (Å²) in [6.45, 7) is 0. The van der Waals surface area contributed by atoms with Gasteiger partial charge in [0.1, 0.15) is 5.75 Å². The Morgan fingerprint density at radius 2 is 2.24 bits per heavy atom. The molecule has 0 heterocycles. The molecule has 92 valence electrons. The van der Waals surface area contributed by atoms with Gasteiger partial charge in [-0.3, -0.25) is 10.0 Å². The standard InChI is InChI=1S/C11H12BrNO4/c12-7-4-5-10(15)8(6-7)9(14)2-1-3-11(16)13-17/h1,3-6,9,14-15,17H,2H2,(H,13,16)/b3-1+/t9-/m1/s1. The summed E-state index contributed by atoms with van der Waals surface area (Å²) >= 11 is 3.23. The van der Waals surface area contributed by atoms with Crippen molar-refractivity contribution < 1.29 is 20.2 Å². The Labute approximate surface area is 106 Å². The van der Waals surface area contributed by atoms with E-state index < -0.39 is 12.0 Å². The molecule has 0 saturated heterocycles. The summed E-state index contributed by atoms with van der Waals surface area (Å²) < 4.78 is 0.737. The minimum Gasteiger partial charge on any atom is -0.508 e. The number of carbonyl (C=O) groups excluding carboxylic acids is 1. The van der Waals surface area contributed by atoms with Gasteiger partial charge in [-0.1, -0.05) is 22.0 Å². The first kappa shape index (κ1) is 13.7. The predicted octanol–water partition coefficient (Wildman–Crippen LogP) is 1.64. The Bertz CT molecular complexity index is 433. The van der Waals surface area contributed by atoms with Crippen molar-refractivity contribution in [2.75, 3.05) is 0 Å². The number of nitrogens with one attached hydrogen (secondary N) is 1. The highest BCUT2D eigenvalue weighted by Crippen LogP contribution is 2.29. The van der Waals surface area contributed by atoms with E-state index in [0.29, 0.717) is 5.56 Å². The number of phenolic OH excluding ortho intramolecular Hbond substituents is 1. The highest BCUT2D eigenvalue weighted by molar-refractivity contribution is 9.10. The lowest BCUT2D eigenvalue weighted by molar-refractivity contribution is -0.124. The third-order valence-electron chi connectivity index (χ3n) is 2.09. The molecular formula is C11H12BrNO4. The van der Waals surface area contributed by atoms with Crippen molar-refractivity contribution >= 4 is 21.8 Å². The van der Waals surface area contributed by atoms with Crippen LogP contribution in [-0.4, -0.2) is 21.3 Å². The van der Waals surface area contributed by atoms with E-state index in [1.165, 1.54) is 17.6 Å². The number of hydroxylamine groups is 1. The van der Waals surface area contributed by atoms with Gasteiger partial charge in [0.25, 0.3) is 5.91 Å². The molecule has 0 aliphatic rings. The normalized spacial score (nSPS) is 12.6. The minimum absolute atomic E-state index is 0.0132. The number of rotatable bonds is 4. The number of hydrogen-bond donors (Lipinski definition) is 4. The van der Waals surface area contributed by atoms with Crippen LogP contribution in [0.4, 0.5) is 0 Å². The number of halogens is 1. The van der Waals surface area contributed by atoms with Crippen molar-refractivity contribution in [3.8, 4) is 5.75 Å². The molecule has 5 nitrogen and oxygen atoms in total. The van der Waals surface area contributed by atoms with Gasteiger partial charge in [0.2, 0.25) is 0 Å². The van der Waals surface area contributed by atoms with Gasteiger partial charge in [0.05, 0.1) is 6.10 Å². The minimum atomic E-state index is -0.921. The highest BCUT2D eigenvalue weighted by Gasteiger charge is 2.11. The number of aliphatic hydroxyl groups is 1. The fourth-order valence-electron chi connectivity index (χ4n) is 1.26. The van der Waals surface area contributed by atoms with Gasteiger partial charge < -0.3 is 10.2 Å². The molecule has 17 heavy (non-hydrogen) atoms. The predicted molar refractivity (Wildman–Crippen MR) is 64.5 cm³/mol. The fourth-order valence-corrected chi connectivity index (χ4v) is 1.64. The van der Waals surface area contributed by atoms with Crippen LogP contribution >= 0.6 is 15.9 Å². The van der Waals surface area contributed by atoms with Gasteiger partial charge in [0, 0.05) is 16.1 Å². The molecule has 0 unspecified atom stereocenters. The van der Waals surface area contributed by atoms with Crippen LogP contribution in [0.5, 0.6) is 5.75 Å². The molecule has 0 aliphatic heterocycles. The smallest absolute Gasteiger partial charge is 0.267 e. The fraction of sp³-hybridized carbons (Fsp3) is 0.182. The van der Waals surface area contributed by atoms with Gasteiger partial charge in [-0.05, 0) is 24.6 Å². The Morgan fingerprint density at radius 1 is 1.53 bits per heavy atom. The Kier molecular flexibility index (Phi) is 5.14. The zero-order chi connectivity index (χ0) is 12.8. The molecule has 0 aromatic heterocycles. The molecule has 0 fully saturated rings. The van der Waals surface area contributed by atoms with Crippen LogP contribution < -0.4 is 5.48 Å². The average molecular weight is 302 g/mol. The maximum Gasteiger partial charge on any atom is 0.267 e. The Morgan fingerprint density at radius 3 is 2.88 bits per heavy atom. The van der Waals surface area contributed by atoms with Gasteiger partial charge in [0.15, 0.2) is 0 Å². The van der Waals surface area contributed by atoms with Crippen molar-refractivity contribution in [3.05, 3.63) is 40.4 Å². The van der Waals surface area contributed by atoms with Crippen LogP contribution in [0.25, 0.3) is 0 Å². The molecule has 6 heteroatoms. The molecule has 1 amide bonds. The zero-order valence-corrected chi connectivity index (χ0v) is 10.4. The molecule has 1 rings (SSSR count). The number of benzene rings is 1. The molecule has 0 radical (unpaired) electrons. The second-order valence-corrected chi connectivity index (χ2v) is 4.25. The van der Waals surface area contributed by atoms with Crippen LogP contribution in [0, 0.1) is 0 Å². The van der Waals surface area contributed by atoms with E-state index in [1.807, 2.05) is 0 Å². The third kappa shape index (κ3) is 4.18. The zero-order valence-electron chi connectivity index (χ0n) is 8.80. The first-order valence-corrected chi connectivity index (χ1v) is 5.61. The summed E-state index contributed by atoms with van der Waals surface area (Å²) in [7, 11) is 0. The first-order chi connectivity index (χ1) is 8.04. The second-order valence-electron chi connectivity index (χ2n) is 3.33. The van der Waals surface area contributed by atoms with Crippen molar-refractivity contribution in [1.29, 1.82) is 0 Å². The lowest BCUT2D eigenvalue weighted by Crippen LogP contribution is -2.15. The van der Waals surface area contributed by atoms with Crippen LogP contribution in [0.1, 0.15) is 18.1 Å². The van der Waals surface area contributed by atoms with E-state index in [2.05, 4.69) is 15.9 Å². The molecular weight excluding hydrogens is 290 g/mol. The van der Waals surface area contributed by atoms with Crippen LogP contribution in [0.2, 0.25) is 0 Å². The molecule has 0 spiro atoms. The lowest BCUT2D eigenvalue weighted by Gasteiger charge is -2.10. The summed E-state index contributed by atoms with van der Waals surface area (Å²) in [6.07, 6.45) is 1.72. The molecule has 0 bridgehead atoms. The summed E-state index contributed by atoms with van der Waals surface area (Å²) in [4.78, 5) is 10.7. The van der Waals surface area contributed by atoms with Gasteiger partial charge in [-0.15, -0.1) is 0 Å². The van der Waals surface area contributed by atoms with Crippen LogP contribution in [0.15, 0.2) is 34.8 Å². The van der Waals surface area contributed by atoms with Gasteiger partial charge >= 0.3 is 0 Å². The molecule has 0 aliphatic carbocycles. The summed E-state index contributed by atoms with van der Waals surface area (Å²) in [5.74, 6) is -0.684. The van der Waals surface area contributed by atoms with Crippen LogP contribution in [0.3, 0.4) is 0 Å². The maximum absolute atomic E-state index is 10.7.